The standard InChI is InChI=1S/C17H36O2Si/c1-9-15(10-2)13-20(18-7,19-8)17(6)12-11-14(3)16(17,4)5/h14-15H,9-13H2,1-8H3. The smallest absolute Gasteiger partial charge is 0.344 e. The quantitative estimate of drug-likeness (QED) is 0.588. The molecule has 0 aromatic heterocycles. The summed E-state index contributed by atoms with van der Waals surface area (Å²) in [4.78, 5) is 0. The van der Waals surface area contributed by atoms with Crippen LogP contribution in [0.3, 0.4) is 0 Å². The van der Waals surface area contributed by atoms with Gasteiger partial charge in [0.2, 0.25) is 0 Å². The topological polar surface area (TPSA) is 18.5 Å². The fourth-order valence-corrected chi connectivity index (χ4v) is 9.24. The molecule has 2 atom stereocenters. The molecule has 0 aromatic rings. The Morgan fingerprint density at radius 2 is 1.60 bits per heavy atom. The Labute approximate surface area is 127 Å². The van der Waals surface area contributed by atoms with Crippen molar-refractivity contribution in [2.24, 2.45) is 17.3 Å². The van der Waals surface area contributed by atoms with Crippen molar-refractivity contribution in [3.05, 3.63) is 0 Å². The van der Waals surface area contributed by atoms with Crippen LogP contribution in [0.4, 0.5) is 0 Å². The summed E-state index contributed by atoms with van der Waals surface area (Å²) >= 11 is 0. The zero-order valence-electron chi connectivity index (χ0n) is 15.0. The molecule has 1 saturated carbocycles. The number of hydrogen-bond acceptors (Lipinski definition) is 2. The van der Waals surface area contributed by atoms with Gasteiger partial charge in [0.25, 0.3) is 0 Å². The predicted molar refractivity (Wildman–Crippen MR) is 89.2 cm³/mol. The van der Waals surface area contributed by atoms with Crippen molar-refractivity contribution in [3.63, 3.8) is 0 Å². The van der Waals surface area contributed by atoms with Crippen LogP contribution in [0.5, 0.6) is 0 Å². The predicted octanol–water partition coefficient (Wildman–Crippen LogP) is 5.37. The maximum atomic E-state index is 6.21. The van der Waals surface area contributed by atoms with Crippen molar-refractivity contribution in [1.29, 1.82) is 0 Å². The summed E-state index contributed by atoms with van der Waals surface area (Å²) in [5, 5.41) is 0.200. The Balaban J connectivity index is 3.18. The van der Waals surface area contributed by atoms with Crippen LogP contribution in [-0.2, 0) is 8.85 Å². The van der Waals surface area contributed by atoms with E-state index in [0.29, 0.717) is 0 Å². The Morgan fingerprint density at radius 3 is 1.90 bits per heavy atom. The fourth-order valence-electron chi connectivity index (χ4n) is 4.30. The molecule has 2 nitrogen and oxygen atoms in total. The van der Waals surface area contributed by atoms with E-state index in [9.17, 15) is 0 Å². The van der Waals surface area contributed by atoms with E-state index >= 15 is 0 Å². The highest BCUT2D eigenvalue weighted by Crippen LogP contribution is 2.66. The fraction of sp³-hybridized carbons (Fsp3) is 1.00. The molecule has 0 aliphatic heterocycles. The van der Waals surface area contributed by atoms with Gasteiger partial charge in [-0.25, -0.2) is 0 Å². The summed E-state index contributed by atoms with van der Waals surface area (Å²) in [5.74, 6) is 1.47. The summed E-state index contributed by atoms with van der Waals surface area (Å²) < 4.78 is 12.4. The van der Waals surface area contributed by atoms with E-state index < -0.39 is 8.56 Å². The lowest BCUT2D eigenvalue weighted by atomic mass is 9.76. The third-order valence-electron chi connectivity index (χ3n) is 6.94. The maximum absolute atomic E-state index is 6.21. The highest BCUT2D eigenvalue weighted by molar-refractivity contribution is 6.71. The maximum Gasteiger partial charge on any atom is 0.344 e. The summed E-state index contributed by atoms with van der Waals surface area (Å²) in [6.45, 7) is 14.3. The minimum Gasteiger partial charge on any atom is -0.397 e. The largest absolute Gasteiger partial charge is 0.397 e. The summed E-state index contributed by atoms with van der Waals surface area (Å²) in [6.07, 6.45) is 5.00. The van der Waals surface area contributed by atoms with E-state index in [0.717, 1.165) is 17.9 Å². The SMILES string of the molecule is CCC(CC)C[Si](OC)(OC)C1(C)CCC(C)C1(C)C. The molecular formula is C17H36O2Si. The van der Waals surface area contributed by atoms with Crippen LogP contribution in [0.15, 0.2) is 0 Å². The lowest BCUT2D eigenvalue weighted by Crippen LogP contribution is -2.56. The van der Waals surface area contributed by atoms with Gasteiger partial charge in [-0.05, 0) is 36.1 Å². The molecule has 0 heterocycles. The zero-order valence-corrected chi connectivity index (χ0v) is 16.0. The van der Waals surface area contributed by atoms with Gasteiger partial charge in [-0.15, -0.1) is 0 Å². The average molecular weight is 301 g/mol. The molecule has 0 radical (unpaired) electrons. The molecule has 0 saturated heterocycles. The van der Waals surface area contributed by atoms with Gasteiger partial charge in [0.15, 0.2) is 0 Å². The van der Waals surface area contributed by atoms with Crippen LogP contribution in [0.1, 0.15) is 67.2 Å². The van der Waals surface area contributed by atoms with Crippen LogP contribution in [0, 0.1) is 17.3 Å². The second-order valence-corrected chi connectivity index (χ2v) is 11.4. The molecule has 0 amide bonds. The van der Waals surface area contributed by atoms with Crippen LogP contribution >= 0.6 is 0 Å². The van der Waals surface area contributed by atoms with Gasteiger partial charge in [0.1, 0.15) is 0 Å². The summed E-state index contributed by atoms with van der Waals surface area (Å²) in [6, 6.07) is 1.14. The monoisotopic (exact) mass is 300 g/mol. The first-order valence-electron chi connectivity index (χ1n) is 8.35. The van der Waals surface area contributed by atoms with E-state index in [-0.39, 0.29) is 10.5 Å². The van der Waals surface area contributed by atoms with Gasteiger partial charge in [0, 0.05) is 19.3 Å². The molecule has 20 heavy (non-hydrogen) atoms. The van der Waals surface area contributed by atoms with Crippen molar-refractivity contribution in [1.82, 2.24) is 0 Å². The molecule has 3 heteroatoms. The first-order chi connectivity index (χ1) is 9.24. The van der Waals surface area contributed by atoms with Gasteiger partial charge in [-0.3, -0.25) is 0 Å². The Kier molecular flexibility index (Phi) is 5.90. The Hall–Kier alpha value is 0.137. The first kappa shape index (κ1) is 18.2. The van der Waals surface area contributed by atoms with Gasteiger partial charge in [-0.2, -0.15) is 0 Å². The van der Waals surface area contributed by atoms with Crippen LogP contribution in [0.25, 0.3) is 0 Å². The van der Waals surface area contributed by atoms with E-state index in [4.69, 9.17) is 8.85 Å². The molecule has 1 fully saturated rings. The third-order valence-corrected chi connectivity index (χ3v) is 12.0. The normalized spacial score (nSPS) is 30.1. The zero-order chi connectivity index (χ0) is 15.6. The van der Waals surface area contributed by atoms with Gasteiger partial charge >= 0.3 is 8.56 Å². The number of hydrogen-bond donors (Lipinski definition) is 0. The van der Waals surface area contributed by atoms with Crippen LogP contribution < -0.4 is 0 Å². The molecule has 0 spiro atoms. The molecule has 0 N–H and O–H groups in total. The first-order valence-corrected chi connectivity index (χ1v) is 10.4. The molecule has 0 bridgehead atoms. The van der Waals surface area contributed by atoms with Gasteiger partial charge in [0.05, 0.1) is 0 Å². The lowest BCUT2D eigenvalue weighted by molar-refractivity contribution is 0.130. The Morgan fingerprint density at radius 1 is 1.10 bits per heavy atom. The van der Waals surface area contributed by atoms with E-state index in [1.54, 1.807) is 0 Å². The molecule has 1 rings (SSSR count). The van der Waals surface area contributed by atoms with Crippen LogP contribution in [0.2, 0.25) is 11.1 Å². The Bertz CT molecular complexity index is 308. The van der Waals surface area contributed by atoms with Gasteiger partial charge in [-0.1, -0.05) is 54.4 Å². The minimum atomic E-state index is -2.22. The second-order valence-electron chi connectivity index (χ2n) is 7.54. The molecule has 0 aromatic carbocycles. The summed E-state index contributed by atoms with van der Waals surface area (Å²) in [7, 11) is 1.57. The minimum absolute atomic E-state index is 0.200. The van der Waals surface area contributed by atoms with E-state index in [1.165, 1.54) is 25.7 Å². The molecule has 120 valence electrons. The second kappa shape index (κ2) is 6.49. The van der Waals surface area contributed by atoms with Gasteiger partial charge < -0.3 is 8.85 Å². The highest BCUT2D eigenvalue weighted by atomic mass is 28.4. The molecule has 1 aliphatic rings. The van der Waals surface area contributed by atoms with E-state index in [2.05, 4.69) is 41.5 Å². The van der Waals surface area contributed by atoms with Crippen LogP contribution in [-0.4, -0.2) is 22.8 Å². The van der Waals surface area contributed by atoms with Crippen molar-refractivity contribution in [3.8, 4) is 0 Å². The van der Waals surface area contributed by atoms with Crippen molar-refractivity contribution in [2.75, 3.05) is 14.2 Å². The molecule has 1 aliphatic carbocycles. The highest BCUT2D eigenvalue weighted by Gasteiger charge is 2.64. The van der Waals surface area contributed by atoms with Crippen molar-refractivity contribution < 1.29 is 8.85 Å². The van der Waals surface area contributed by atoms with E-state index in [1.807, 2.05) is 14.2 Å². The number of rotatable bonds is 7. The lowest BCUT2D eigenvalue weighted by Gasteiger charge is -2.51. The summed E-state index contributed by atoms with van der Waals surface area (Å²) in [5.41, 5.74) is 0.289. The molecule has 2 unspecified atom stereocenters. The molecular weight excluding hydrogens is 264 g/mol. The van der Waals surface area contributed by atoms with Crippen molar-refractivity contribution >= 4 is 8.56 Å². The average Bonchev–Trinajstić information content (AvgIpc) is 2.65. The van der Waals surface area contributed by atoms with Crippen molar-refractivity contribution in [2.45, 2.75) is 78.3 Å². The third kappa shape index (κ3) is 2.61.